The highest BCUT2D eigenvalue weighted by Crippen LogP contribution is 2.30. The van der Waals surface area contributed by atoms with Gasteiger partial charge in [-0.3, -0.25) is 9.78 Å². The van der Waals surface area contributed by atoms with Crippen LogP contribution in [0.4, 0.5) is 0 Å². The fourth-order valence-corrected chi connectivity index (χ4v) is 5.10. The zero-order valence-electron chi connectivity index (χ0n) is 16.9. The first-order valence-electron chi connectivity index (χ1n) is 9.60. The van der Waals surface area contributed by atoms with Gasteiger partial charge in [-0.15, -0.1) is 0 Å². The zero-order chi connectivity index (χ0) is 21.6. The van der Waals surface area contributed by atoms with Crippen LogP contribution in [0.1, 0.15) is 27.5 Å². The summed E-state index contributed by atoms with van der Waals surface area (Å²) < 4.78 is 27.0. The van der Waals surface area contributed by atoms with Gasteiger partial charge in [0.25, 0.3) is 0 Å². The van der Waals surface area contributed by atoms with Gasteiger partial charge in [0.2, 0.25) is 5.91 Å². The molecule has 0 aliphatic heterocycles. The molecule has 1 aromatic heterocycles. The number of aryl methyl sites for hydroxylation is 2. The van der Waals surface area contributed by atoms with Gasteiger partial charge in [-0.2, -0.15) is 0 Å². The molecule has 0 saturated heterocycles. The maximum absolute atomic E-state index is 13.5. The normalized spacial score (nSPS) is 12.6. The minimum Gasteiger partial charge on any atom is -0.351 e. The van der Waals surface area contributed by atoms with E-state index in [9.17, 15) is 13.2 Å². The number of benzene rings is 2. The Labute approximate surface area is 177 Å². The molecule has 1 atom stereocenters. The lowest BCUT2D eigenvalue weighted by Crippen LogP contribution is -2.31. The maximum Gasteiger partial charge on any atom is 0.244 e. The highest BCUT2D eigenvalue weighted by Gasteiger charge is 2.31. The second-order valence-corrected chi connectivity index (χ2v) is 9.18. The lowest BCUT2D eigenvalue weighted by atomic mass is 10.2. The minimum atomic E-state index is -3.75. The van der Waals surface area contributed by atoms with E-state index in [2.05, 4.69) is 10.3 Å². The number of hydrogen-bond donors (Lipinski definition) is 1. The number of sulfone groups is 1. The molecule has 1 amide bonds. The molecule has 30 heavy (non-hydrogen) atoms. The maximum atomic E-state index is 13.5. The highest BCUT2D eigenvalue weighted by atomic mass is 32.2. The van der Waals surface area contributed by atoms with E-state index in [0.717, 1.165) is 11.1 Å². The number of pyridine rings is 1. The van der Waals surface area contributed by atoms with E-state index in [1.807, 2.05) is 43.3 Å². The second kappa shape index (κ2) is 9.50. The van der Waals surface area contributed by atoms with Crippen molar-refractivity contribution < 1.29 is 13.2 Å². The topological polar surface area (TPSA) is 76.1 Å². The van der Waals surface area contributed by atoms with Gasteiger partial charge in [0.1, 0.15) is 5.25 Å². The van der Waals surface area contributed by atoms with Crippen LogP contribution in [0.15, 0.2) is 84.0 Å². The molecule has 0 aliphatic carbocycles. The summed E-state index contributed by atoms with van der Waals surface area (Å²) in [6.07, 6.45) is 6.21. The largest absolute Gasteiger partial charge is 0.351 e. The molecule has 2 aromatic carbocycles. The summed E-state index contributed by atoms with van der Waals surface area (Å²) in [6, 6.07) is 18.2. The van der Waals surface area contributed by atoms with Crippen molar-refractivity contribution >= 4 is 21.8 Å². The lowest BCUT2D eigenvalue weighted by Gasteiger charge is -2.20. The molecule has 0 bridgehead atoms. The number of nitrogens with one attached hydrogen (secondary N) is 1. The number of amides is 1. The lowest BCUT2D eigenvalue weighted by molar-refractivity contribution is -0.116. The van der Waals surface area contributed by atoms with E-state index in [4.69, 9.17) is 0 Å². The standard InChI is InChI=1S/C24H24N2O3S/c1-18-10-11-19(2)22(15-18)30(28,29)23(21-9-6-14-25-16-21)17-26-24(27)13-12-20-7-4-3-5-8-20/h3-16,23H,17H2,1-2H3,(H,26,27)/b13-12+/t23-/m1/s1. The Kier molecular flexibility index (Phi) is 6.79. The SMILES string of the molecule is Cc1ccc(C)c(S(=O)(=O)[C@H](CNC(=O)/C=C/c2ccccc2)c2cccnc2)c1. The molecule has 0 fully saturated rings. The molecule has 1 N–H and O–H groups in total. The van der Waals surface area contributed by atoms with Gasteiger partial charge in [0.15, 0.2) is 9.84 Å². The van der Waals surface area contributed by atoms with Crippen molar-refractivity contribution in [3.63, 3.8) is 0 Å². The number of aromatic nitrogens is 1. The van der Waals surface area contributed by atoms with Crippen LogP contribution >= 0.6 is 0 Å². The smallest absolute Gasteiger partial charge is 0.244 e. The molecule has 154 valence electrons. The van der Waals surface area contributed by atoms with Gasteiger partial charge < -0.3 is 5.32 Å². The van der Waals surface area contributed by atoms with Crippen LogP contribution in [0, 0.1) is 13.8 Å². The molecular weight excluding hydrogens is 396 g/mol. The number of rotatable bonds is 7. The molecule has 5 nitrogen and oxygen atoms in total. The van der Waals surface area contributed by atoms with Gasteiger partial charge in [0.05, 0.1) is 4.90 Å². The molecule has 3 rings (SSSR count). The van der Waals surface area contributed by atoms with Crippen molar-refractivity contribution in [3.05, 3.63) is 101 Å². The van der Waals surface area contributed by atoms with Crippen molar-refractivity contribution in [2.24, 2.45) is 0 Å². The van der Waals surface area contributed by atoms with Gasteiger partial charge in [-0.05, 0) is 54.3 Å². The van der Waals surface area contributed by atoms with E-state index in [0.29, 0.717) is 11.1 Å². The molecule has 0 aliphatic rings. The summed E-state index contributed by atoms with van der Waals surface area (Å²) in [5.74, 6) is -0.357. The average Bonchev–Trinajstić information content (AvgIpc) is 2.75. The summed E-state index contributed by atoms with van der Waals surface area (Å²) in [5, 5.41) is 1.79. The Morgan fingerprint density at radius 2 is 1.83 bits per heavy atom. The van der Waals surface area contributed by atoms with Crippen LogP contribution in [-0.4, -0.2) is 25.9 Å². The monoisotopic (exact) mass is 420 g/mol. The average molecular weight is 421 g/mol. The van der Waals surface area contributed by atoms with Gasteiger partial charge in [-0.25, -0.2) is 8.42 Å². The summed E-state index contributed by atoms with van der Waals surface area (Å²) in [6.45, 7) is 3.57. The molecule has 0 radical (unpaired) electrons. The fraction of sp³-hybridized carbons (Fsp3) is 0.167. The van der Waals surface area contributed by atoms with Crippen LogP contribution in [0.2, 0.25) is 0 Å². The number of carbonyl (C=O) groups is 1. The quantitative estimate of drug-likeness (QED) is 0.585. The Morgan fingerprint density at radius 3 is 2.53 bits per heavy atom. The second-order valence-electron chi connectivity index (χ2n) is 7.08. The number of nitrogens with zero attached hydrogens (tertiary/aromatic N) is 1. The van der Waals surface area contributed by atoms with Crippen molar-refractivity contribution in [2.75, 3.05) is 6.54 Å². The summed E-state index contributed by atoms with van der Waals surface area (Å²) in [7, 11) is -3.75. The number of carbonyl (C=O) groups excluding carboxylic acids is 1. The minimum absolute atomic E-state index is 0.0562. The van der Waals surface area contributed by atoms with E-state index in [1.54, 1.807) is 43.5 Å². The summed E-state index contributed by atoms with van der Waals surface area (Å²) >= 11 is 0. The van der Waals surface area contributed by atoms with Crippen molar-refractivity contribution in [2.45, 2.75) is 24.0 Å². The Bertz CT molecular complexity index is 1140. The third kappa shape index (κ3) is 5.21. The summed E-state index contributed by atoms with van der Waals surface area (Å²) in [5.41, 5.74) is 2.95. The molecule has 0 unspecified atom stereocenters. The first-order valence-corrected chi connectivity index (χ1v) is 11.1. The summed E-state index contributed by atoms with van der Waals surface area (Å²) in [4.78, 5) is 16.7. The Balaban J connectivity index is 1.86. The third-order valence-corrected chi connectivity index (χ3v) is 7.01. The third-order valence-electron chi connectivity index (χ3n) is 4.77. The Morgan fingerprint density at radius 1 is 1.07 bits per heavy atom. The molecule has 3 aromatic rings. The van der Waals surface area contributed by atoms with Gasteiger partial charge in [-0.1, -0.05) is 48.5 Å². The van der Waals surface area contributed by atoms with Gasteiger partial charge >= 0.3 is 0 Å². The number of hydrogen-bond acceptors (Lipinski definition) is 4. The molecule has 6 heteroatoms. The molecule has 0 saturated carbocycles. The zero-order valence-corrected chi connectivity index (χ0v) is 17.8. The van der Waals surface area contributed by atoms with Crippen molar-refractivity contribution in [1.82, 2.24) is 10.3 Å². The van der Waals surface area contributed by atoms with Crippen LogP contribution in [0.3, 0.4) is 0 Å². The van der Waals surface area contributed by atoms with E-state index < -0.39 is 15.1 Å². The fourth-order valence-electron chi connectivity index (χ4n) is 3.13. The molecular formula is C24H24N2O3S. The highest BCUT2D eigenvalue weighted by molar-refractivity contribution is 7.91. The van der Waals surface area contributed by atoms with E-state index in [-0.39, 0.29) is 17.3 Å². The predicted octanol–water partition coefficient (Wildman–Crippen LogP) is 4.04. The molecule has 1 heterocycles. The first kappa shape index (κ1) is 21.5. The van der Waals surface area contributed by atoms with Crippen LogP contribution in [0.25, 0.3) is 6.08 Å². The van der Waals surface area contributed by atoms with Crippen molar-refractivity contribution in [3.8, 4) is 0 Å². The van der Waals surface area contributed by atoms with Crippen LogP contribution < -0.4 is 5.32 Å². The van der Waals surface area contributed by atoms with Crippen LogP contribution in [-0.2, 0) is 14.6 Å². The molecule has 0 spiro atoms. The van der Waals surface area contributed by atoms with Gasteiger partial charge in [0, 0.05) is 25.0 Å². The Hall–Kier alpha value is -3.25. The van der Waals surface area contributed by atoms with Crippen LogP contribution in [0.5, 0.6) is 0 Å². The van der Waals surface area contributed by atoms with Crippen molar-refractivity contribution in [1.29, 1.82) is 0 Å². The van der Waals surface area contributed by atoms with E-state index in [1.165, 1.54) is 12.3 Å². The first-order chi connectivity index (χ1) is 14.4. The van der Waals surface area contributed by atoms with E-state index >= 15 is 0 Å². The predicted molar refractivity (Wildman–Crippen MR) is 119 cm³/mol.